The minimum atomic E-state index is 0.476. The molecule has 0 aliphatic rings. The molecule has 0 amide bonds. The van der Waals surface area contributed by atoms with Gasteiger partial charge in [-0.25, -0.2) is 9.97 Å². The molecule has 0 saturated carbocycles. The molecule has 0 N–H and O–H groups in total. The Morgan fingerprint density at radius 2 is 0.524 bits per heavy atom. The number of hydrogen-bond donors (Lipinski definition) is 0. The molecule has 0 atom stereocenters. The van der Waals surface area contributed by atoms with E-state index in [9.17, 15) is 5.26 Å². The number of aromatic nitrogens is 6. The van der Waals surface area contributed by atoms with E-state index in [2.05, 4.69) is 352 Å². The Morgan fingerprint density at radius 1 is 0.243 bits per heavy atom. The molecule has 7 nitrogen and oxygen atoms in total. The summed E-state index contributed by atoms with van der Waals surface area (Å²) < 4.78 is 9.53. The summed E-state index contributed by atoms with van der Waals surface area (Å²) in [5.74, 6) is 0.476. The molecule has 0 aliphatic carbocycles. The van der Waals surface area contributed by atoms with Gasteiger partial charge in [-0.3, -0.25) is 0 Å². The number of nitrogens with zero attached hydrogens (tertiary/aromatic N) is 7. The van der Waals surface area contributed by atoms with Crippen molar-refractivity contribution in [1.29, 1.82) is 5.26 Å². The molecular formula is C96H69N7. The van der Waals surface area contributed by atoms with E-state index < -0.39 is 0 Å². The van der Waals surface area contributed by atoms with E-state index in [1.807, 2.05) is 12.1 Å². The van der Waals surface area contributed by atoms with Crippen LogP contribution in [0.2, 0.25) is 0 Å². The summed E-state index contributed by atoms with van der Waals surface area (Å²) in [6, 6.07) is 109. The van der Waals surface area contributed by atoms with Crippen LogP contribution >= 0.6 is 0 Å². The second-order valence-electron chi connectivity index (χ2n) is 28.2. The SMILES string of the molecule is Cc1ccc2c(c1)c1cc(C)ccc1n2-c1ccc(-c2c(C#N)c(-n3c4ccccc4c4cc(C)ccc43)c(-c3nc(-c4ccccc4)cc(-c4ccccc4)n3)c(-c3ccc(-n4c5ccc(C)cc5c5cc(C)ccc54)cc3)c2-c2ccc(-n3c4ccc(C)cc4c4cc(C)ccc43)cc2)cc1. The lowest BCUT2D eigenvalue weighted by atomic mass is 9.80. The van der Waals surface area contributed by atoms with Crippen LogP contribution in [0.5, 0.6) is 0 Å². The van der Waals surface area contributed by atoms with Crippen LogP contribution in [0.1, 0.15) is 44.5 Å². The molecule has 5 heterocycles. The Labute approximate surface area is 597 Å². The largest absolute Gasteiger partial charge is 0.309 e. The van der Waals surface area contributed by atoms with Crippen molar-refractivity contribution < 1.29 is 0 Å². The van der Waals surface area contributed by atoms with Gasteiger partial charge in [0.15, 0.2) is 5.82 Å². The molecule has 0 spiro atoms. The zero-order valence-corrected chi connectivity index (χ0v) is 58.3. The molecule has 7 heteroatoms. The Balaban J connectivity index is 0.981. The highest BCUT2D eigenvalue weighted by Gasteiger charge is 2.33. The van der Waals surface area contributed by atoms with Gasteiger partial charge in [0.25, 0.3) is 0 Å². The van der Waals surface area contributed by atoms with Crippen molar-refractivity contribution in [2.75, 3.05) is 0 Å². The van der Waals surface area contributed by atoms with Crippen molar-refractivity contribution in [3.05, 3.63) is 336 Å². The summed E-state index contributed by atoms with van der Waals surface area (Å²) >= 11 is 0. The highest BCUT2D eigenvalue weighted by molar-refractivity contribution is 6.16. The third kappa shape index (κ3) is 9.85. The number of nitriles is 1. The molecule has 0 aliphatic heterocycles. The molecule has 0 bridgehead atoms. The molecule has 19 aromatic rings. The van der Waals surface area contributed by atoms with Gasteiger partial charge >= 0.3 is 0 Å². The smallest absolute Gasteiger partial charge is 0.163 e. The van der Waals surface area contributed by atoms with E-state index in [0.717, 1.165) is 133 Å². The van der Waals surface area contributed by atoms with Gasteiger partial charge < -0.3 is 18.3 Å². The number of para-hydroxylation sites is 1. The Kier molecular flexibility index (Phi) is 14.1. The highest BCUT2D eigenvalue weighted by atomic mass is 15.0. The van der Waals surface area contributed by atoms with E-state index in [-0.39, 0.29) is 0 Å². The van der Waals surface area contributed by atoms with E-state index in [4.69, 9.17) is 9.97 Å². The summed E-state index contributed by atoms with van der Waals surface area (Å²) in [6.45, 7) is 15.2. The maximum Gasteiger partial charge on any atom is 0.163 e. The predicted molar refractivity (Wildman–Crippen MR) is 430 cm³/mol. The number of aryl methyl sites for hydroxylation is 7. The van der Waals surface area contributed by atoms with Gasteiger partial charge in [-0.1, -0.05) is 197 Å². The van der Waals surface area contributed by atoms with Crippen LogP contribution < -0.4 is 0 Å². The molecule has 0 fully saturated rings. The standard InChI is InChI=1S/C96H69N7/c1-57-28-47-90-73(48-57)72-20-14-15-21-83(72)103(90)95-80(56-97)91(66-29-35-69(36-30-66)100-84-41-22-58(2)49-74(84)75-50-59(3)23-42-85(75)100)92(67-31-37-70(38-32-67)101-86-43-24-60(4)51-76(86)77-52-61(5)25-44-87(77)101)93(94(95)96-98-81(64-16-10-8-11-17-64)55-82(99-96)65-18-12-9-13-19-65)68-33-39-71(40-34-68)102-88-45-26-62(6)53-78(88)79-54-63(7)27-46-89(79)102/h8-55H,1-7H3. The van der Waals surface area contributed by atoms with E-state index in [0.29, 0.717) is 22.6 Å². The normalized spacial score (nSPS) is 11.8. The number of benzene rings is 14. The molecule has 14 aromatic carbocycles. The first-order valence-electron chi connectivity index (χ1n) is 35.4. The molecule has 19 rings (SSSR count). The first kappa shape index (κ1) is 61.0. The van der Waals surface area contributed by atoms with Gasteiger partial charge in [-0.2, -0.15) is 5.26 Å². The molecular weight excluding hydrogens is 1250 g/mol. The molecule has 103 heavy (non-hydrogen) atoms. The van der Waals surface area contributed by atoms with Crippen LogP contribution in [0.3, 0.4) is 0 Å². The Morgan fingerprint density at radius 3 is 0.864 bits per heavy atom. The van der Waals surface area contributed by atoms with Crippen LogP contribution in [0.4, 0.5) is 0 Å². The maximum atomic E-state index is 13.0. The summed E-state index contributed by atoms with van der Waals surface area (Å²) in [5.41, 5.74) is 30.6. The fraction of sp³-hybridized carbons (Fsp3) is 0.0729. The summed E-state index contributed by atoms with van der Waals surface area (Å²) in [7, 11) is 0. The van der Waals surface area contributed by atoms with Crippen molar-refractivity contribution >= 4 is 87.2 Å². The van der Waals surface area contributed by atoms with Crippen LogP contribution in [-0.2, 0) is 0 Å². The van der Waals surface area contributed by atoms with Crippen molar-refractivity contribution in [1.82, 2.24) is 28.2 Å². The minimum absolute atomic E-state index is 0.476. The van der Waals surface area contributed by atoms with Crippen molar-refractivity contribution in [2.45, 2.75) is 48.5 Å². The third-order valence-corrected chi connectivity index (χ3v) is 21.2. The second-order valence-corrected chi connectivity index (χ2v) is 28.2. The monoisotopic (exact) mass is 1320 g/mol. The molecule has 0 saturated heterocycles. The lowest BCUT2D eigenvalue weighted by molar-refractivity contribution is 1.13. The maximum absolute atomic E-state index is 13.0. The minimum Gasteiger partial charge on any atom is -0.309 e. The van der Waals surface area contributed by atoms with Gasteiger partial charge in [0, 0.05) is 82.4 Å². The van der Waals surface area contributed by atoms with Gasteiger partial charge in [-0.05, 0) is 204 Å². The average molecular weight is 1320 g/mol. The zero-order chi connectivity index (χ0) is 69.5. The van der Waals surface area contributed by atoms with Gasteiger partial charge in [0.1, 0.15) is 6.07 Å². The van der Waals surface area contributed by atoms with Crippen molar-refractivity contribution in [3.63, 3.8) is 0 Å². The Hall–Kier alpha value is -13.2. The van der Waals surface area contributed by atoms with Gasteiger partial charge in [0.05, 0.1) is 72.3 Å². The molecule has 5 aromatic heterocycles. The van der Waals surface area contributed by atoms with E-state index in [1.54, 1.807) is 0 Å². The fourth-order valence-electron chi connectivity index (χ4n) is 16.5. The molecule has 0 radical (unpaired) electrons. The second kappa shape index (κ2) is 23.8. The third-order valence-electron chi connectivity index (χ3n) is 21.2. The quantitative estimate of drug-likeness (QED) is 0.137. The first-order chi connectivity index (χ1) is 50.4. The van der Waals surface area contributed by atoms with E-state index in [1.165, 1.54) is 65.7 Å². The van der Waals surface area contributed by atoms with Crippen LogP contribution in [-0.4, -0.2) is 28.2 Å². The summed E-state index contributed by atoms with van der Waals surface area (Å²) in [4.78, 5) is 11.7. The van der Waals surface area contributed by atoms with Crippen molar-refractivity contribution in [3.8, 4) is 96.1 Å². The summed E-state index contributed by atoms with van der Waals surface area (Å²) in [6.07, 6.45) is 0. The van der Waals surface area contributed by atoms with Crippen molar-refractivity contribution in [2.24, 2.45) is 0 Å². The van der Waals surface area contributed by atoms with Crippen LogP contribution in [0.15, 0.2) is 291 Å². The molecule has 0 unspecified atom stereocenters. The summed E-state index contributed by atoms with van der Waals surface area (Å²) in [5, 5.41) is 22.5. The van der Waals surface area contributed by atoms with Crippen LogP contribution in [0, 0.1) is 59.8 Å². The van der Waals surface area contributed by atoms with E-state index >= 15 is 0 Å². The van der Waals surface area contributed by atoms with Gasteiger partial charge in [-0.15, -0.1) is 0 Å². The number of rotatable bonds is 10. The first-order valence-corrected chi connectivity index (χ1v) is 35.4. The lowest BCUT2D eigenvalue weighted by Crippen LogP contribution is -2.09. The predicted octanol–water partition coefficient (Wildman–Crippen LogP) is 24.9. The average Bonchev–Trinajstić information content (AvgIpc) is 1.67. The Bertz CT molecular complexity index is 6540. The zero-order valence-electron chi connectivity index (χ0n) is 58.3. The lowest BCUT2D eigenvalue weighted by Gasteiger charge is -2.27. The highest BCUT2D eigenvalue weighted by Crippen LogP contribution is 2.53. The topological polar surface area (TPSA) is 69.3 Å². The number of hydrogen-bond acceptors (Lipinski definition) is 3. The number of fused-ring (bicyclic) bond motifs is 12. The molecule has 488 valence electrons. The van der Waals surface area contributed by atoms with Gasteiger partial charge in [0.2, 0.25) is 0 Å². The fourth-order valence-corrected chi connectivity index (χ4v) is 16.5. The van der Waals surface area contributed by atoms with Crippen LogP contribution in [0.25, 0.3) is 177 Å².